The molecule has 176 valence electrons. The third kappa shape index (κ3) is 3.30. The number of benzene rings is 1. The Bertz CT molecular complexity index is 973. The molecular weight excluding hydrogens is 414 g/mol. The molecule has 6 rings (SSSR count). The summed E-state index contributed by atoms with van der Waals surface area (Å²) in [5.41, 5.74) is 1.04. The quantitative estimate of drug-likeness (QED) is 0.699. The molecule has 5 heteroatoms. The van der Waals surface area contributed by atoms with Gasteiger partial charge in [0.15, 0.2) is 5.78 Å². The zero-order valence-electron chi connectivity index (χ0n) is 19.5. The number of nitrogens with zero attached hydrogens (tertiary/aromatic N) is 1. The molecule has 0 radical (unpaired) electrons. The summed E-state index contributed by atoms with van der Waals surface area (Å²) < 4.78 is 5.77. The number of carbonyl (C=O) groups is 2. The van der Waals surface area contributed by atoms with E-state index in [0.29, 0.717) is 17.8 Å². The van der Waals surface area contributed by atoms with Gasteiger partial charge in [-0.2, -0.15) is 0 Å². The zero-order chi connectivity index (χ0) is 22.7. The Labute approximate surface area is 196 Å². The highest BCUT2D eigenvalue weighted by atomic mass is 16.6. The third-order valence-corrected chi connectivity index (χ3v) is 9.65. The normalized spacial score (nSPS) is 41.5. The Balaban J connectivity index is 1.29. The van der Waals surface area contributed by atoms with Crippen LogP contribution in [0.4, 0.5) is 4.79 Å². The molecule has 0 spiro atoms. The number of piperidine rings is 1. The van der Waals surface area contributed by atoms with E-state index in [-0.39, 0.29) is 42.4 Å². The van der Waals surface area contributed by atoms with Gasteiger partial charge in [0.05, 0.1) is 5.60 Å². The van der Waals surface area contributed by atoms with Gasteiger partial charge < -0.3 is 14.7 Å². The second-order valence-electron chi connectivity index (χ2n) is 11.3. The molecule has 1 saturated heterocycles. The fourth-order valence-corrected chi connectivity index (χ4v) is 8.31. The van der Waals surface area contributed by atoms with Crippen molar-refractivity contribution in [3.63, 3.8) is 0 Å². The number of carbonyl (C=O) groups excluding carboxylic acids is 2. The molecule has 1 amide bonds. The van der Waals surface area contributed by atoms with Crippen LogP contribution in [0, 0.1) is 29.6 Å². The van der Waals surface area contributed by atoms with E-state index in [9.17, 15) is 14.7 Å². The highest BCUT2D eigenvalue weighted by Gasteiger charge is 2.64. The van der Waals surface area contributed by atoms with Crippen LogP contribution in [-0.4, -0.2) is 39.6 Å². The van der Waals surface area contributed by atoms with Crippen LogP contribution in [0.2, 0.25) is 0 Å². The first-order valence-electron chi connectivity index (χ1n) is 12.9. The average molecular weight is 450 g/mol. The molecule has 33 heavy (non-hydrogen) atoms. The van der Waals surface area contributed by atoms with Gasteiger partial charge in [0, 0.05) is 23.9 Å². The van der Waals surface area contributed by atoms with Gasteiger partial charge in [-0.15, -0.1) is 0 Å². The van der Waals surface area contributed by atoms with Crippen LogP contribution in [0.15, 0.2) is 42.0 Å². The van der Waals surface area contributed by atoms with Crippen LogP contribution >= 0.6 is 0 Å². The van der Waals surface area contributed by atoms with Crippen LogP contribution in [0.3, 0.4) is 0 Å². The van der Waals surface area contributed by atoms with Crippen molar-refractivity contribution in [3.05, 3.63) is 47.5 Å². The molecule has 1 aromatic carbocycles. The number of allylic oxidation sites excluding steroid dienone is 1. The highest BCUT2D eigenvalue weighted by Crippen LogP contribution is 2.63. The summed E-state index contributed by atoms with van der Waals surface area (Å²) in [7, 11) is 0. The van der Waals surface area contributed by atoms with E-state index in [1.54, 1.807) is 0 Å². The lowest BCUT2D eigenvalue weighted by Gasteiger charge is -2.52. The number of ketones is 1. The molecule has 0 aromatic heterocycles. The summed E-state index contributed by atoms with van der Waals surface area (Å²) >= 11 is 0. The van der Waals surface area contributed by atoms with Crippen LogP contribution in [0.25, 0.3) is 0 Å². The number of likely N-dealkylation sites (tertiary alicyclic amines) is 1. The van der Waals surface area contributed by atoms with Gasteiger partial charge in [-0.05, 0) is 80.4 Å². The van der Waals surface area contributed by atoms with Crippen molar-refractivity contribution in [3.8, 4) is 0 Å². The van der Waals surface area contributed by atoms with Crippen molar-refractivity contribution in [2.24, 2.45) is 29.6 Å². The number of aliphatic hydroxyl groups is 1. The van der Waals surface area contributed by atoms with E-state index in [4.69, 9.17) is 4.74 Å². The first kappa shape index (κ1) is 21.4. The lowest BCUT2D eigenvalue weighted by Crippen LogP contribution is -2.60. The molecular formula is C28H35NO4. The minimum absolute atomic E-state index is 0.0154. The van der Waals surface area contributed by atoms with Gasteiger partial charge in [0.2, 0.25) is 0 Å². The summed E-state index contributed by atoms with van der Waals surface area (Å²) in [6, 6.07) is 9.86. The number of hydrogen-bond acceptors (Lipinski definition) is 4. The standard InChI is InChI=1S/C28H35NO4/c1-17-11-12-22-24(29(17)27(31)33-16-18-7-3-2-4-8-18)13-19-15-28(22,32)23-14-25(30)20-9-5-6-10-21(20)26(19)23/h2-4,7-8,14,17,19-22,24,26,32H,5-6,9-13,15-16H2,1H3/t17-,19-,20+,21+,22+,24?,26-,28+/m1/s1. The van der Waals surface area contributed by atoms with E-state index in [1.807, 2.05) is 41.3 Å². The second kappa shape index (κ2) is 7.97. The number of rotatable bonds is 2. The van der Waals surface area contributed by atoms with E-state index in [2.05, 4.69) is 6.92 Å². The van der Waals surface area contributed by atoms with E-state index in [1.165, 1.54) is 6.42 Å². The van der Waals surface area contributed by atoms with Gasteiger partial charge in [0.1, 0.15) is 6.61 Å². The predicted molar refractivity (Wildman–Crippen MR) is 124 cm³/mol. The van der Waals surface area contributed by atoms with Gasteiger partial charge in [-0.1, -0.05) is 43.2 Å². The molecule has 1 N–H and O–H groups in total. The Morgan fingerprint density at radius 3 is 2.76 bits per heavy atom. The minimum Gasteiger partial charge on any atom is -0.445 e. The van der Waals surface area contributed by atoms with Crippen LogP contribution in [0.5, 0.6) is 0 Å². The maximum absolute atomic E-state index is 13.3. The largest absolute Gasteiger partial charge is 0.445 e. The topological polar surface area (TPSA) is 66.8 Å². The fraction of sp³-hybridized carbons (Fsp3) is 0.643. The third-order valence-electron chi connectivity index (χ3n) is 9.65. The lowest BCUT2D eigenvalue weighted by atomic mass is 9.63. The SMILES string of the molecule is C[C@@H]1CC[C@H]2C(C[C@@H]3C[C@@]2(O)C2=CC(=O)[C@H]4CCCC[C@@H]4[C@H]23)N1C(=O)OCc1ccccc1. The second-order valence-corrected chi connectivity index (χ2v) is 11.3. The summed E-state index contributed by atoms with van der Waals surface area (Å²) in [4.78, 5) is 28.3. The van der Waals surface area contributed by atoms with Crippen LogP contribution in [0.1, 0.15) is 63.9 Å². The number of ether oxygens (including phenoxy) is 1. The molecule has 2 bridgehead atoms. The van der Waals surface area contributed by atoms with Crippen LogP contribution in [-0.2, 0) is 16.1 Å². The van der Waals surface area contributed by atoms with Gasteiger partial charge in [0.25, 0.3) is 0 Å². The Morgan fingerprint density at radius 2 is 1.94 bits per heavy atom. The number of hydrogen-bond donors (Lipinski definition) is 1. The van der Waals surface area contributed by atoms with E-state index in [0.717, 1.165) is 56.1 Å². The minimum atomic E-state index is -0.950. The van der Waals surface area contributed by atoms with Crippen molar-refractivity contribution in [1.82, 2.24) is 4.90 Å². The Morgan fingerprint density at radius 1 is 1.15 bits per heavy atom. The number of fused-ring (bicyclic) bond motifs is 9. The fourth-order valence-electron chi connectivity index (χ4n) is 8.31. The maximum Gasteiger partial charge on any atom is 0.410 e. The lowest BCUT2D eigenvalue weighted by molar-refractivity contribution is -0.123. The van der Waals surface area contributed by atoms with Crippen molar-refractivity contribution in [1.29, 1.82) is 0 Å². The molecule has 1 heterocycles. The maximum atomic E-state index is 13.3. The highest BCUT2D eigenvalue weighted by molar-refractivity contribution is 5.94. The van der Waals surface area contributed by atoms with Crippen LogP contribution < -0.4 is 0 Å². The average Bonchev–Trinajstić information content (AvgIpc) is 3.05. The monoisotopic (exact) mass is 449 g/mol. The van der Waals surface area contributed by atoms with E-state index >= 15 is 0 Å². The van der Waals surface area contributed by atoms with Gasteiger partial charge in [-0.3, -0.25) is 4.79 Å². The summed E-state index contributed by atoms with van der Waals surface area (Å²) in [6.45, 7) is 2.37. The van der Waals surface area contributed by atoms with Crippen molar-refractivity contribution < 1.29 is 19.4 Å². The van der Waals surface area contributed by atoms with Gasteiger partial charge in [-0.25, -0.2) is 4.79 Å². The molecule has 5 nitrogen and oxygen atoms in total. The molecule has 5 aliphatic rings. The molecule has 1 aromatic rings. The molecule has 1 unspecified atom stereocenters. The van der Waals surface area contributed by atoms with Crippen molar-refractivity contribution in [2.45, 2.75) is 82.6 Å². The number of amides is 1. The first-order valence-corrected chi connectivity index (χ1v) is 12.9. The molecule has 8 atom stereocenters. The molecule has 4 fully saturated rings. The summed E-state index contributed by atoms with van der Waals surface area (Å²) in [6.07, 6.45) is 9.41. The molecule has 3 saturated carbocycles. The molecule has 4 aliphatic carbocycles. The summed E-state index contributed by atoms with van der Waals surface area (Å²) in [5.74, 6) is 1.40. The van der Waals surface area contributed by atoms with Crippen molar-refractivity contribution >= 4 is 11.9 Å². The Kier molecular flexibility index (Phi) is 5.17. The van der Waals surface area contributed by atoms with Crippen molar-refractivity contribution in [2.75, 3.05) is 0 Å². The predicted octanol–water partition coefficient (Wildman–Crippen LogP) is 4.88. The smallest absolute Gasteiger partial charge is 0.410 e. The molecule has 1 aliphatic heterocycles. The van der Waals surface area contributed by atoms with E-state index < -0.39 is 5.60 Å². The first-order chi connectivity index (χ1) is 16.0. The Hall–Kier alpha value is -2.14. The van der Waals surface area contributed by atoms with Gasteiger partial charge >= 0.3 is 6.09 Å². The zero-order valence-corrected chi connectivity index (χ0v) is 19.5. The summed E-state index contributed by atoms with van der Waals surface area (Å²) in [5, 5.41) is 12.1.